The maximum Gasteiger partial charge on any atom is 0.627 e. The van der Waals surface area contributed by atoms with Crippen LogP contribution in [0.2, 0.25) is 0 Å². The van der Waals surface area contributed by atoms with E-state index in [0.717, 1.165) is 0 Å². The van der Waals surface area contributed by atoms with Crippen molar-refractivity contribution in [1.82, 2.24) is 0 Å². The van der Waals surface area contributed by atoms with Gasteiger partial charge >= 0.3 is 14.6 Å². The predicted octanol–water partition coefficient (Wildman–Crippen LogP) is 1.12. The zero-order valence-corrected chi connectivity index (χ0v) is 10.9. The van der Waals surface area contributed by atoms with E-state index < -0.39 is 14.6 Å². The molecule has 17 heavy (non-hydrogen) atoms. The van der Waals surface area contributed by atoms with E-state index >= 15 is 0 Å². The van der Waals surface area contributed by atoms with Gasteiger partial charge in [-0.1, -0.05) is 13.8 Å². The number of hydrogen-bond acceptors (Lipinski definition) is 5. The second-order valence-electron chi connectivity index (χ2n) is 5.02. The quantitative estimate of drug-likeness (QED) is 0.678. The normalized spacial score (nSPS) is 39.5. The zero-order valence-electron chi connectivity index (χ0n) is 10.9. The Morgan fingerprint density at radius 3 is 1.59 bits per heavy atom. The summed E-state index contributed by atoms with van der Waals surface area (Å²) in [5, 5.41) is 0. The summed E-state index contributed by atoms with van der Waals surface area (Å²) in [4.78, 5) is 0. The lowest BCUT2D eigenvalue weighted by atomic mass is 9.97. The molecule has 0 aromatic rings. The molecule has 2 rings (SSSR count). The molecule has 2 saturated heterocycles. The molecule has 5 nitrogen and oxygen atoms in total. The van der Waals surface area contributed by atoms with Crippen LogP contribution in [0.1, 0.15) is 27.7 Å². The monoisotopic (exact) mass is 242 g/mol. The predicted molar refractivity (Wildman–Crippen MR) is 63.9 cm³/mol. The lowest BCUT2D eigenvalue weighted by Crippen LogP contribution is -2.49. The molecule has 0 aromatic heterocycles. The Morgan fingerprint density at radius 1 is 0.824 bits per heavy atom. The molecule has 2 heterocycles. The van der Waals surface area contributed by atoms with Crippen molar-refractivity contribution in [3.63, 3.8) is 0 Å². The van der Waals surface area contributed by atoms with Crippen LogP contribution in [-0.2, 0) is 23.2 Å². The molecule has 7 heteroatoms. The first-order chi connectivity index (χ1) is 8.06. The van der Waals surface area contributed by atoms with Gasteiger partial charge in [0.2, 0.25) is 0 Å². The van der Waals surface area contributed by atoms with E-state index in [-0.39, 0.29) is 12.2 Å². The Labute approximate surface area is 103 Å². The van der Waals surface area contributed by atoms with Crippen molar-refractivity contribution in [2.24, 2.45) is 11.8 Å². The lowest BCUT2D eigenvalue weighted by molar-refractivity contribution is -0.0375. The third-order valence-corrected chi connectivity index (χ3v) is 3.47. The van der Waals surface area contributed by atoms with Crippen LogP contribution in [0.25, 0.3) is 0 Å². The van der Waals surface area contributed by atoms with E-state index in [2.05, 4.69) is 13.8 Å². The summed E-state index contributed by atoms with van der Waals surface area (Å²) in [6, 6.07) is 0. The molecule has 0 spiro atoms. The van der Waals surface area contributed by atoms with Gasteiger partial charge in [-0.15, -0.1) is 0 Å². The fourth-order valence-corrected chi connectivity index (χ4v) is 1.66. The fourth-order valence-electron chi connectivity index (χ4n) is 1.66. The highest BCUT2D eigenvalue weighted by atomic mass is 16.8. The van der Waals surface area contributed by atoms with Gasteiger partial charge in [-0.2, -0.15) is 0 Å². The highest BCUT2D eigenvalue weighted by molar-refractivity contribution is 6.52. The summed E-state index contributed by atoms with van der Waals surface area (Å²) in [7, 11) is -1.38. The van der Waals surface area contributed by atoms with Crippen molar-refractivity contribution in [3.8, 4) is 0 Å². The van der Waals surface area contributed by atoms with Gasteiger partial charge in [0.1, 0.15) is 0 Å². The topological polar surface area (TPSA) is 46.2 Å². The van der Waals surface area contributed by atoms with E-state index in [4.69, 9.17) is 23.2 Å². The van der Waals surface area contributed by atoms with Crippen LogP contribution in [0.5, 0.6) is 0 Å². The zero-order chi connectivity index (χ0) is 12.4. The molecule has 2 aliphatic heterocycles. The summed E-state index contributed by atoms with van der Waals surface area (Å²) in [5.74, 6) is 0.754. The van der Waals surface area contributed by atoms with Crippen molar-refractivity contribution >= 4 is 14.6 Å². The van der Waals surface area contributed by atoms with E-state index in [9.17, 15) is 0 Å². The maximum atomic E-state index is 5.56. The van der Waals surface area contributed by atoms with Crippen molar-refractivity contribution in [2.75, 3.05) is 13.2 Å². The summed E-state index contributed by atoms with van der Waals surface area (Å²) in [5.41, 5.74) is 0. The summed E-state index contributed by atoms with van der Waals surface area (Å²) in [6.45, 7) is 9.44. The number of rotatable bonds is 2. The molecule has 0 amide bonds. The van der Waals surface area contributed by atoms with Gasteiger partial charge in [0.05, 0.1) is 0 Å². The standard InChI is InChI=1S/C10H20B2O5/c1-7-5-13-11(15-9(7)3)17-12-14-6-8(2)10(4)16-12/h7-10H,5-6H2,1-4H3. The Hall–Kier alpha value is -0.0701. The summed E-state index contributed by atoms with van der Waals surface area (Å²) in [6.07, 6.45) is 0.238. The van der Waals surface area contributed by atoms with E-state index in [1.165, 1.54) is 0 Å². The first kappa shape index (κ1) is 13.4. The average molecular weight is 242 g/mol. The van der Waals surface area contributed by atoms with Gasteiger partial charge in [-0.3, -0.25) is 0 Å². The van der Waals surface area contributed by atoms with Crippen molar-refractivity contribution in [2.45, 2.75) is 39.9 Å². The van der Waals surface area contributed by atoms with Crippen LogP contribution in [0.4, 0.5) is 0 Å². The largest absolute Gasteiger partial charge is 0.627 e. The molecule has 0 N–H and O–H groups in total. The first-order valence-electron chi connectivity index (χ1n) is 6.26. The van der Waals surface area contributed by atoms with E-state index in [1.54, 1.807) is 0 Å². The lowest BCUT2D eigenvalue weighted by Gasteiger charge is -2.34. The number of hydrogen-bond donors (Lipinski definition) is 0. The van der Waals surface area contributed by atoms with Crippen molar-refractivity contribution < 1.29 is 23.2 Å². The van der Waals surface area contributed by atoms with Gasteiger partial charge in [0, 0.05) is 37.3 Å². The van der Waals surface area contributed by atoms with Gasteiger partial charge in [0.25, 0.3) is 0 Å². The molecule has 2 fully saturated rings. The van der Waals surface area contributed by atoms with Crippen LogP contribution in [0.15, 0.2) is 0 Å². The van der Waals surface area contributed by atoms with E-state index in [0.29, 0.717) is 25.0 Å². The molecule has 0 bridgehead atoms. The Kier molecular flexibility index (Phi) is 4.49. The van der Waals surface area contributed by atoms with Crippen LogP contribution in [0, 0.1) is 11.8 Å². The summed E-state index contributed by atoms with van der Waals surface area (Å²) >= 11 is 0. The minimum atomic E-state index is -0.688. The van der Waals surface area contributed by atoms with Gasteiger partial charge < -0.3 is 23.2 Å². The SMILES string of the molecule is CC1COB(OB2OCC(C)C(C)O2)OC1C. The fraction of sp³-hybridized carbons (Fsp3) is 1.00. The molecule has 4 atom stereocenters. The highest BCUT2D eigenvalue weighted by Gasteiger charge is 2.41. The summed E-state index contributed by atoms with van der Waals surface area (Å²) < 4.78 is 27.4. The maximum absolute atomic E-state index is 5.56. The highest BCUT2D eigenvalue weighted by Crippen LogP contribution is 2.20. The second kappa shape index (κ2) is 5.71. The van der Waals surface area contributed by atoms with Crippen LogP contribution >= 0.6 is 0 Å². The van der Waals surface area contributed by atoms with E-state index in [1.807, 2.05) is 13.8 Å². The van der Waals surface area contributed by atoms with Gasteiger partial charge in [-0.05, 0) is 13.8 Å². The third kappa shape index (κ3) is 3.45. The molecule has 0 saturated carbocycles. The second-order valence-corrected chi connectivity index (χ2v) is 5.02. The minimum absolute atomic E-state index is 0.119. The smallest absolute Gasteiger partial charge is 0.399 e. The minimum Gasteiger partial charge on any atom is -0.399 e. The molecule has 0 aromatic carbocycles. The Balaban J connectivity index is 1.78. The Bertz CT molecular complexity index is 231. The molecule has 4 unspecified atom stereocenters. The molecule has 2 aliphatic rings. The van der Waals surface area contributed by atoms with Crippen LogP contribution in [-0.4, -0.2) is 40.1 Å². The van der Waals surface area contributed by atoms with Crippen LogP contribution < -0.4 is 0 Å². The molecule has 0 radical (unpaired) electrons. The molecule has 96 valence electrons. The van der Waals surface area contributed by atoms with Gasteiger partial charge in [0.15, 0.2) is 0 Å². The molecular weight excluding hydrogens is 222 g/mol. The average Bonchev–Trinajstić information content (AvgIpc) is 2.29. The molecular formula is C10H20B2O5. The van der Waals surface area contributed by atoms with Gasteiger partial charge in [-0.25, -0.2) is 0 Å². The van der Waals surface area contributed by atoms with Crippen molar-refractivity contribution in [1.29, 1.82) is 0 Å². The Morgan fingerprint density at radius 2 is 1.24 bits per heavy atom. The van der Waals surface area contributed by atoms with Crippen LogP contribution in [0.3, 0.4) is 0 Å². The third-order valence-electron chi connectivity index (χ3n) is 3.47. The first-order valence-corrected chi connectivity index (χ1v) is 6.26. The van der Waals surface area contributed by atoms with Crippen molar-refractivity contribution in [3.05, 3.63) is 0 Å². The molecule has 0 aliphatic carbocycles.